The lowest BCUT2D eigenvalue weighted by Crippen LogP contribution is -2.26. The number of allylic oxidation sites excluding steroid dienone is 1. The molecule has 2 aliphatic rings. The van der Waals surface area contributed by atoms with Gasteiger partial charge in [-0.2, -0.15) is 0 Å². The summed E-state index contributed by atoms with van der Waals surface area (Å²) >= 11 is 1.66. The van der Waals surface area contributed by atoms with Crippen molar-refractivity contribution in [1.82, 2.24) is 10.3 Å². The Morgan fingerprint density at radius 1 is 1.15 bits per heavy atom. The maximum absolute atomic E-state index is 13.2. The molecule has 5 rings (SSSR count). The molecule has 27 heavy (non-hydrogen) atoms. The predicted octanol–water partition coefficient (Wildman–Crippen LogP) is 3.82. The van der Waals surface area contributed by atoms with Gasteiger partial charge in [0.15, 0.2) is 5.78 Å². The van der Waals surface area contributed by atoms with Crippen molar-refractivity contribution in [1.29, 1.82) is 0 Å². The van der Waals surface area contributed by atoms with Gasteiger partial charge in [0.2, 0.25) is 11.6 Å². The van der Waals surface area contributed by atoms with Crippen LogP contribution in [-0.4, -0.2) is 21.2 Å². The topological polar surface area (TPSA) is 100 Å². The fraction of sp³-hybridized carbons (Fsp3) is 0.211. The fourth-order valence-electron chi connectivity index (χ4n) is 3.78. The van der Waals surface area contributed by atoms with E-state index in [0.29, 0.717) is 30.1 Å². The number of rotatable bonds is 2. The smallest absolute Gasteiger partial charge is 0.219 e. The molecule has 0 saturated carbocycles. The molecule has 1 aromatic carbocycles. The highest BCUT2D eigenvalue weighted by Crippen LogP contribution is 2.44. The SMILES string of the molecule is O=C1CC(c2cccs2)CC2=C1C(c1cccc(O)c1)Nc1nonc1N2. The molecule has 136 valence electrons. The van der Waals surface area contributed by atoms with Crippen molar-refractivity contribution in [3.63, 3.8) is 0 Å². The number of thiophene rings is 1. The molecule has 7 nitrogen and oxygen atoms in total. The van der Waals surface area contributed by atoms with Gasteiger partial charge >= 0.3 is 0 Å². The lowest BCUT2D eigenvalue weighted by atomic mass is 9.81. The van der Waals surface area contributed by atoms with Gasteiger partial charge in [0, 0.05) is 28.5 Å². The van der Waals surface area contributed by atoms with E-state index >= 15 is 0 Å². The quantitative estimate of drug-likeness (QED) is 0.621. The van der Waals surface area contributed by atoms with Crippen molar-refractivity contribution >= 4 is 28.8 Å². The molecule has 8 heteroatoms. The van der Waals surface area contributed by atoms with E-state index in [1.165, 1.54) is 4.88 Å². The van der Waals surface area contributed by atoms with Gasteiger partial charge in [-0.1, -0.05) is 18.2 Å². The predicted molar refractivity (Wildman–Crippen MR) is 101 cm³/mol. The summed E-state index contributed by atoms with van der Waals surface area (Å²) in [6.07, 6.45) is 1.15. The number of anilines is 2. The number of carbonyl (C=O) groups excluding carboxylic acids is 1. The van der Waals surface area contributed by atoms with Gasteiger partial charge in [-0.25, -0.2) is 4.63 Å². The number of aromatic nitrogens is 2. The Labute approximate surface area is 158 Å². The Bertz CT molecular complexity index is 1040. The molecule has 0 radical (unpaired) electrons. The van der Waals surface area contributed by atoms with E-state index in [2.05, 4.69) is 27.0 Å². The van der Waals surface area contributed by atoms with Crippen molar-refractivity contribution in [2.45, 2.75) is 24.8 Å². The third kappa shape index (κ3) is 2.78. The van der Waals surface area contributed by atoms with Crippen molar-refractivity contribution in [2.75, 3.05) is 10.6 Å². The third-order valence-electron chi connectivity index (χ3n) is 4.98. The lowest BCUT2D eigenvalue weighted by Gasteiger charge is -2.29. The van der Waals surface area contributed by atoms with Gasteiger partial charge in [0.1, 0.15) is 5.75 Å². The first-order valence-electron chi connectivity index (χ1n) is 8.63. The Hall–Kier alpha value is -3.13. The van der Waals surface area contributed by atoms with E-state index in [1.807, 2.05) is 17.5 Å². The van der Waals surface area contributed by atoms with Gasteiger partial charge < -0.3 is 15.7 Å². The molecular weight excluding hydrogens is 364 g/mol. The number of aromatic hydroxyl groups is 1. The first-order valence-corrected chi connectivity index (χ1v) is 9.51. The summed E-state index contributed by atoms with van der Waals surface area (Å²) < 4.78 is 4.86. The molecule has 0 fully saturated rings. The number of carbonyl (C=O) groups is 1. The van der Waals surface area contributed by atoms with Crippen LogP contribution in [0.25, 0.3) is 0 Å². The number of nitrogens with one attached hydrogen (secondary N) is 2. The highest BCUT2D eigenvalue weighted by Gasteiger charge is 2.37. The molecule has 3 aromatic rings. The monoisotopic (exact) mass is 380 g/mol. The lowest BCUT2D eigenvalue weighted by molar-refractivity contribution is -0.116. The van der Waals surface area contributed by atoms with E-state index in [-0.39, 0.29) is 17.5 Å². The highest BCUT2D eigenvalue weighted by molar-refractivity contribution is 7.10. The van der Waals surface area contributed by atoms with Crippen LogP contribution in [0.4, 0.5) is 11.6 Å². The number of nitrogens with zero attached hydrogens (tertiary/aromatic N) is 2. The van der Waals surface area contributed by atoms with Gasteiger partial charge in [-0.15, -0.1) is 11.3 Å². The Balaban J connectivity index is 1.62. The molecule has 1 aliphatic heterocycles. The molecule has 2 atom stereocenters. The molecule has 3 N–H and O–H groups in total. The Kier molecular flexibility index (Phi) is 3.71. The summed E-state index contributed by atoms with van der Waals surface area (Å²) in [6, 6.07) is 10.5. The normalized spacial score (nSPS) is 21.7. The molecule has 0 saturated heterocycles. The minimum absolute atomic E-state index is 0.0742. The number of ketones is 1. The Morgan fingerprint density at radius 2 is 2.04 bits per heavy atom. The average molecular weight is 380 g/mol. The zero-order valence-corrected chi connectivity index (χ0v) is 15.0. The van der Waals surface area contributed by atoms with Crippen molar-refractivity contribution in [3.8, 4) is 5.75 Å². The summed E-state index contributed by atoms with van der Waals surface area (Å²) in [5, 5.41) is 26.3. The summed E-state index contributed by atoms with van der Waals surface area (Å²) in [7, 11) is 0. The van der Waals surface area contributed by atoms with Gasteiger partial charge in [0.25, 0.3) is 0 Å². The molecule has 0 spiro atoms. The molecule has 0 amide bonds. The van der Waals surface area contributed by atoms with Crippen LogP contribution in [0.2, 0.25) is 0 Å². The maximum Gasteiger partial charge on any atom is 0.219 e. The number of Topliss-reactive ketones (excluding diaryl/α,β-unsaturated/α-hetero) is 1. The summed E-state index contributed by atoms with van der Waals surface area (Å²) in [5.74, 6) is 1.26. The van der Waals surface area contributed by atoms with Crippen molar-refractivity contribution in [3.05, 3.63) is 63.5 Å². The van der Waals surface area contributed by atoms with Crippen molar-refractivity contribution < 1.29 is 14.5 Å². The molecule has 2 unspecified atom stereocenters. The minimum atomic E-state index is -0.440. The van der Waals surface area contributed by atoms with Gasteiger partial charge in [-0.3, -0.25) is 4.79 Å². The van der Waals surface area contributed by atoms with Crippen LogP contribution in [-0.2, 0) is 4.79 Å². The van der Waals surface area contributed by atoms with E-state index in [9.17, 15) is 9.90 Å². The second-order valence-electron chi connectivity index (χ2n) is 6.69. The van der Waals surface area contributed by atoms with Crippen LogP contribution in [0.15, 0.2) is 57.7 Å². The van der Waals surface area contributed by atoms with E-state index in [4.69, 9.17) is 4.63 Å². The third-order valence-corrected chi connectivity index (χ3v) is 6.02. The number of phenols is 1. The standard InChI is InChI=1S/C19H16N4O3S/c24-12-4-1-3-10(7-12)17-16-13(20-18-19(21-17)23-26-22-18)8-11(9-14(16)25)15-5-2-6-27-15/h1-7,11,17,24H,8-9H2,(H,20,22)(H,21,23). The first-order chi connectivity index (χ1) is 13.2. The molecule has 3 heterocycles. The number of fused-ring (bicyclic) bond motifs is 1. The van der Waals surface area contributed by atoms with Crippen LogP contribution < -0.4 is 10.6 Å². The fourth-order valence-corrected chi connectivity index (χ4v) is 4.61. The number of phenolic OH excluding ortho intramolecular Hbond substituents is 1. The second kappa shape index (κ2) is 6.24. The van der Waals surface area contributed by atoms with E-state index in [0.717, 1.165) is 11.3 Å². The maximum atomic E-state index is 13.2. The van der Waals surface area contributed by atoms with E-state index in [1.54, 1.807) is 29.5 Å². The van der Waals surface area contributed by atoms with Gasteiger partial charge in [-0.05, 0) is 45.9 Å². The van der Waals surface area contributed by atoms with Crippen molar-refractivity contribution in [2.24, 2.45) is 0 Å². The molecular formula is C19H16N4O3S. The number of benzene rings is 1. The van der Waals surface area contributed by atoms with E-state index < -0.39 is 6.04 Å². The molecule has 1 aliphatic carbocycles. The zero-order chi connectivity index (χ0) is 18.4. The summed E-state index contributed by atoms with van der Waals surface area (Å²) in [4.78, 5) is 14.4. The van der Waals surface area contributed by atoms with Crippen LogP contribution in [0.5, 0.6) is 5.75 Å². The number of hydrogen-bond acceptors (Lipinski definition) is 8. The second-order valence-corrected chi connectivity index (χ2v) is 7.67. The number of hydrogen-bond donors (Lipinski definition) is 3. The average Bonchev–Trinajstić information content (AvgIpc) is 3.30. The highest BCUT2D eigenvalue weighted by atomic mass is 32.1. The first kappa shape index (κ1) is 16.1. The Morgan fingerprint density at radius 3 is 2.85 bits per heavy atom. The molecule has 2 aromatic heterocycles. The van der Waals surface area contributed by atoms with Gasteiger partial charge in [0.05, 0.1) is 6.04 Å². The van der Waals surface area contributed by atoms with Crippen LogP contribution in [0, 0.1) is 0 Å². The minimum Gasteiger partial charge on any atom is -0.508 e. The zero-order valence-electron chi connectivity index (χ0n) is 14.2. The summed E-state index contributed by atoms with van der Waals surface area (Å²) in [5.41, 5.74) is 2.26. The van der Waals surface area contributed by atoms with Crippen LogP contribution >= 0.6 is 11.3 Å². The summed E-state index contributed by atoms with van der Waals surface area (Å²) in [6.45, 7) is 0. The largest absolute Gasteiger partial charge is 0.508 e. The molecule has 0 bridgehead atoms. The van der Waals surface area contributed by atoms with Crippen LogP contribution in [0.3, 0.4) is 0 Å². The van der Waals surface area contributed by atoms with Crippen LogP contribution in [0.1, 0.15) is 35.2 Å².